The van der Waals surface area contributed by atoms with Crippen LogP contribution in [0.25, 0.3) is 0 Å². The average Bonchev–Trinajstić information content (AvgIpc) is 3.42. The van der Waals surface area contributed by atoms with E-state index in [1.807, 2.05) is 23.3 Å². The third-order valence-electron chi connectivity index (χ3n) is 6.45. The van der Waals surface area contributed by atoms with Crippen LogP contribution in [0.4, 0.5) is 18.0 Å². The molecule has 8 nitrogen and oxygen atoms in total. The third-order valence-corrected chi connectivity index (χ3v) is 6.45. The SMILES string of the molecule is CCC[C@@H](NC(=O)Oc1cc(C(=O)N2CCC[C@@H]2C)n2c1COCC2)c1ccc(C(F)(F)F)nc1. The first-order chi connectivity index (χ1) is 16.7. The summed E-state index contributed by atoms with van der Waals surface area (Å²) in [6.07, 6.45) is -1.13. The van der Waals surface area contributed by atoms with Crippen molar-refractivity contribution >= 4 is 12.0 Å². The van der Waals surface area contributed by atoms with Crippen LogP contribution in [-0.2, 0) is 24.1 Å². The minimum Gasteiger partial charge on any atom is -0.408 e. The number of likely N-dealkylation sites (tertiary alicyclic amines) is 1. The molecule has 35 heavy (non-hydrogen) atoms. The number of nitrogens with zero attached hydrogens (tertiary/aromatic N) is 3. The fraction of sp³-hybridized carbons (Fsp3) is 0.542. The van der Waals surface area contributed by atoms with Crippen molar-refractivity contribution in [3.63, 3.8) is 0 Å². The Hall–Kier alpha value is -3.08. The van der Waals surface area contributed by atoms with Gasteiger partial charge in [0.15, 0.2) is 5.75 Å². The molecular formula is C24H29F3N4O4. The number of fused-ring (bicyclic) bond motifs is 1. The zero-order valence-electron chi connectivity index (χ0n) is 19.7. The number of pyridine rings is 1. The van der Waals surface area contributed by atoms with Gasteiger partial charge in [-0.25, -0.2) is 4.79 Å². The van der Waals surface area contributed by atoms with Crippen LogP contribution in [0.1, 0.15) is 73.0 Å². The van der Waals surface area contributed by atoms with Gasteiger partial charge in [0.25, 0.3) is 5.91 Å². The van der Waals surface area contributed by atoms with Crippen LogP contribution in [0.5, 0.6) is 5.75 Å². The molecule has 0 bridgehead atoms. The second-order valence-electron chi connectivity index (χ2n) is 8.88. The summed E-state index contributed by atoms with van der Waals surface area (Å²) >= 11 is 0. The lowest BCUT2D eigenvalue weighted by Gasteiger charge is -2.24. The molecule has 2 amide bonds. The summed E-state index contributed by atoms with van der Waals surface area (Å²) in [6.45, 7) is 5.72. The first-order valence-electron chi connectivity index (χ1n) is 11.8. The molecule has 0 saturated carbocycles. The van der Waals surface area contributed by atoms with Crippen LogP contribution < -0.4 is 10.1 Å². The highest BCUT2D eigenvalue weighted by molar-refractivity contribution is 5.94. The first-order valence-corrected chi connectivity index (χ1v) is 11.8. The summed E-state index contributed by atoms with van der Waals surface area (Å²) in [5.74, 6) is 0.131. The number of nitrogens with one attached hydrogen (secondary N) is 1. The molecule has 1 fully saturated rings. The Bertz CT molecular complexity index is 1070. The number of carbonyl (C=O) groups excluding carboxylic acids is 2. The molecular weight excluding hydrogens is 465 g/mol. The van der Waals surface area contributed by atoms with Gasteiger partial charge in [0.2, 0.25) is 0 Å². The summed E-state index contributed by atoms with van der Waals surface area (Å²) in [7, 11) is 0. The van der Waals surface area contributed by atoms with E-state index in [0.29, 0.717) is 49.5 Å². The Morgan fingerprint density at radius 3 is 2.74 bits per heavy atom. The minimum absolute atomic E-state index is 0.104. The molecule has 1 saturated heterocycles. The van der Waals surface area contributed by atoms with E-state index >= 15 is 0 Å². The number of carbonyl (C=O) groups is 2. The number of halogens is 3. The third kappa shape index (κ3) is 5.44. The van der Waals surface area contributed by atoms with Crippen LogP contribution in [-0.4, -0.2) is 45.6 Å². The van der Waals surface area contributed by atoms with E-state index in [9.17, 15) is 22.8 Å². The van der Waals surface area contributed by atoms with Gasteiger partial charge in [0, 0.05) is 31.4 Å². The van der Waals surface area contributed by atoms with Crippen LogP contribution in [0, 0.1) is 0 Å². The molecule has 190 valence electrons. The van der Waals surface area contributed by atoms with E-state index in [1.54, 1.807) is 6.07 Å². The second kappa shape index (κ2) is 10.3. The number of ether oxygens (including phenoxy) is 2. The van der Waals surface area contributed by atoms with Crippen molar-refractivity contribution < 1.29 is 32.2 Å². The maximum absolute atomic E-state index is 13.2. The van der Waals surface area contributed by atoms with Crippen LogP contribution >= 0.6 is 0 Å². The first kappa shape index (κ1) is 25.0. The summed E-state index contributed by atoms with van der Waals surface area (Å²) < 4.78 is 51.5. The van der Waals surface area contributed by atoms with Crippen molar-refractivity contribution in [2.24, 2.45) is 0 Å². The van der Waals surface area contributed by atoms with Gasteiger partial charge in [-0.3, -0.25) is 9.78 Å². The number of amides is 2. The minimum atomic E-state index is -4.54. The van der Waals surface area contributed by atoms with Gasteiger partial charge in [0.05, 0.1) is 24.9 Å². The molecule has 2 aromatic heterocycles. The van der Waals surface area contributed by atoms with Crippen LogP contribution in [0.3, 0.4) is 0 Å². The molecule has 2 aromatic rings. The highest BCUT2D eigenvalue weighted by Crippen LogP contribution is 2.31. The Kier molecular flexibility index (Phi) is 7.34. The maximum atomic E-state index is 13.2. The van der Waals surface area contributed by atoms with E-state index in [4.69, 9.17) is 9.47 Å². The van der Waals surface area contributed by atoms with Gasteiger partial charge < -0.3 is 24.3 Å². The number of rotatable bonds is 6. The molecule has 0 spiro atoms. The highest BCUT2D eigenvalue weighted by Gasteiger charge is 2.33. The fourth-order valence-corrected chi connectivity index (χ4v) is 4.60. The topological polar surface area (TPSA) is 85.7 Å². The van der Waals surface area contributed by atoms with Crippen LogP contribution in [0.15, 0.2) is 24.4 Å². The van der Waals surface area contributed by atoms with Gasteiger partial charge in [-0.1, -0.05) is 19.4 Å². The Balaban J connectivity index is 1.51. The van der Waals surface area contributed by atoms with Crippen molar-refractivity contribution in [3.05, 3.63) is 47.0 Å². The predicted octanol–water partition coefficient (Wildman–Crippen LogP) is 4.69. The number of hydrogen-bond donors (Lipinski definition) is 1. The molecule has 4 heterocycles. The molecule has 4 rings (SSSR count). The molecule has 0 radical (unpaired) electrons. The number of hydrogen-bond acceptors (Lipinski definition) is 5. The van der Waals surface area contributed by atoms with Gasteiger partial charge in [-0.2, -0.15) is 13.2 Å². The van der Waals surface area contributed by atoms with E-state index in [0.717, 1.165) is 25.1 Å². The Labute approximate surface area is 201 Å². The predicted molar refractivity (Wildman–Crippen MR) is 120 cm³/mol. The van der Waals surface area contributed by atoms with Gasteiger partial charge >= 0.3 is 12.3 Å². The molecule has 0 unspecified atom stereocenters. The summed E-state index contributed by atoms with van der Waals surface area (Å²) in [6, 6.07) is 3.34. The normalized spacial score (nSPS) is 18.8. The van der Waals surface area contributed by atoms with Crippen molar-refractivity contribution in [1.82, 2.24) is 19.8 Å². The van der Waals surface area contributed by atoms with E-state index < -0.39 is 24.0 Å². The lowest BCUT2D eigenvalue weighted by molar-refractivity contribution is -0.141. The summed E-state index contributed by atoms with van der Waals surface area (Å²) in [5.41, 5.74) is 0.503. The van der Waals surface area contributed by atoms with E-state index in [1.165, 1.54) is 6.07 Å². The van der Waals surface area contributed by atoms with Gasteiger partial charge in [0.1, 0.15) is 11.4 Å². The molecule has 2 aliphatic heterocycles. The number of alkyl halides is 3. The Morgan fingerprint density at radius 1 is 1.31 bits per heavy atom. The maximum Gasteiger partial charge on any atom is 0.433 e. The molecule has 11 heteroatoms. The lowest BCUT2D eigenvalue weighted by atomic mass is 10.0. The summed E-state index contributed by atoms with van der Waals surface area (Å²) in [5, 5.41) is 2.72. The second-order valence-corrected chi connectivity index (χ2v) is 8.88. The highest BCUT2D eigenvalue weighted by atomic mass is 19.4. The summed E-state index contributed by atoms with van der Waals surface area (Å²) in [4.78, 5) is 31.3. The molecule has 0 aliphatic carbocycles. The van der Waals surface area contributed by atoms with Gasteiger partial charge in [-0.15, -0.1) is 0 Å². The molecule has 2 aliphatic rings. The van der Waals surface area contributed by atoms with E-state index in [-0.39, 0.29) is 24.3 Å². The van der Waals surface area contributed by atoms with Crippen molar-refractivity contribution in [2.75, 3.05) is 13.2 Å². The molecule has 2 atom stereocenters. The van der Waals surface area contributed by atoms with E-state index in [2.05, 4.69) is 10.3 Å². The van der Waals surface area contributed by atoms with Crippen LogP contribution in [0.2, 0.25) is 0 Å². The smallest absolute Gasteiger partial charge is 0.408 e. The van der Waals surface area contributed by atoms with Crippen molar-refractivity contribution in [2.45, 2.75) is 70.9 Å². The standard InChI is InChI=1S/C24H29F3N4O4/c1-3-5-17(16-7-8-21(28-13-16)24(25,26)27)29-23(33)35-20-12-18(31-10-11-34-14-19(20)31)22(32)30-9-4-6-15(30)2/h7-8,12-13,15,17H,3-6,9-11,14H2,1-2H3,(H,29,33)/t15-,17+/m0/s1. The average molecular weight is 495 g/mol. The Morgan fingerprint density at radius 2 is 2.11 bits per heavy atom. The molecule has 0 aromatic carbocycles. The van der Waals surface area contributed by atoms with Crippen molar-refractivity contribution in [3.8, 4) is 5.75 Å². The zero-order chi connectivity index (χ0) is 25.2. The number of aromatic nitrogens is 2. The van der Waals surface area contributed by atoms with Gasteiger partial charge in [-0.05, 0) is 37.8 Å². The quantitative estimate of drug-likeness (QED) is 0.630. The van der Waals surface area contributed by atoms with Crippen molar-refractivity contribution in [1.29, 1.82) is 0 Å². The molecule has 1 N–H and O–H groups in total. The zero-order valence-corrected chi connectivity index (χ0v) is 19.7. The monoisotopic (exact) mass is 494 g/mol. The lowest BCUT2D eigenvalue weighted by Crippen LogP contribution is -2.35. The fourth-order valence-electron chi connectivity index (χ4n) is 4.60. The largest absolute Gasteiger partial charge is 0.433 e.